The second kappa shape index (κ2) is 2.84. The third-order valence-electron chi connectivity index (χ3n) is 2.18. The van der Waals surface area contributed by atoms with Gasteiger partial charge in [0.15, 0.2) is 5.58 Å². The third kappa shape index (κ3) is 1.52. The SMILES string of the molecule is Cc1ccc2oc(C(C)(C)C)nc2c1. The summed E-state index contributed by atoms with van der Waals surface area (Å²) in [7, 11) is 0. The van der Waals surface area contributed by atoms with Crippen LogP contribution in [0.1, 0.15) is 32.2 Å². The summed E-state index contributed by atoms with van der Waals surface area (Å²) in [6.07, 6.45) is 0. The summed E-state index contributed by atoms with van der Waals surface area (Å²) in [6.45, 7) is 8.37. The fourth-order valence-corrected chi connectivity index (χ4v) is 1.36. The molecule has 0 spiro atoms. The van der Waals surface area contributed by atoms with Crippen LogP contribution in [0.15, 0.2) is 22.6 Å². The van der Waals surface area contributed by atoms with Crippen LogP contribution in [0, 0.1) is 6.92 Å². The van der Waals surface area contributed by atoms with Gasteiger partial charge in [-0.2, -0.15) is 0 Å². The van der Waals surface area contributed by atoms with E-state index in [9.17, 15) is 0 Å². The second-order valence-electron chi connectivity index (χ2n) is 4.74. The highest BCUT2D eigenvalue weighted by Gasteiger charge is 2.20. The number of fused-ring (bicyclic) bond motifs is 1. The molecule has 1 heterocycles. The number of aryl methyl sites for hydroxylation is 1. The fourth-order valence-electron chi connectivity index (χ4n) is 1.36. The molecule has 0 saturated carbocycles. The van der Waals surface area contributed by atoms with Gasteiger partial charge in [0.2, 0.25) is 5.89 Å². The second-order valence-corrected chi connectivity index (χ2v) is 4.74. The minimum Gasteiger partial charge on any atom is -0.440 e. The number of aromatic nitrogens is 1. The van der Waals surface area contributed by atoms with Crippen molar-refractivity contribution in [3.8, 4) is 0 Å². The van der Waals surface area contributed by atoms with Gasteiger partial charge in [-0.05, 0) is 24.6 Å². The predicted octanol–water partition coefficient (Wildman–Crippen LogP) is 3.43. The monoisotopic (exact) mass is 189 g/mol. The molecule has 74 valence electrons. The van der Waals surface area contributed by atoms with E-state index in [0.29, 0.717) is 0 Å². The van der Waals surface area contributed by atoms with Gasteiger partial charge in [0, 0.05) is 5.41 Å². The molecule has 0 unspecified atom stereocenters. The molecule has 1 aromatic heterocycles. The topological polar surface area (TPSA) is 26.0 Å². The smallest absolute Gasteiger partial charge is 0.200 e. The standard InChI is InChI=1S/C12H15NO/c1-8-5-6-10-9(7-8)13-11(14-10)12(2,3)4/h5-7H,1-4H3. The van der Waals surface area contributed by atoms with Gasteiger partial charge in [-0.15, -0.1) is 0 Å². The van der Waals surface area contributed by atoms with Crippen LogP contribution in [0.5, 0.6) is 0 Å². The molecule has 0 N–H and O–H groups in total. The third-order valence-corrected chi connectivity index (χ3v) is 2.18. The zero-order valence-corrected chi connectivity index (χ0v) is 9.09. The van der Waals surface area contributed by atoms with Gasteiger partial charge in [0.1, 0.15) is 5.52 Å². The summed E-state index contributed by atoms with van der Waals surface area (Å²) in [5.41, 5.74) is 3.02. The van der Waals surface area contributed by atoms with Gasteiger partial charge < -0.3 is 4.42 Å². The zero-order chi connectivity index (χ0) is 10.3. The van der Waals surface area contributed by atoms with Crippen molar-refractivity contribution in [2.75, 3.05) is 0 Å². The summed E-state index contributed by atoms with van der Waals surface area (Å²) in [5.74, 6) is 0.804. The van der Waals surface area contributed by atoms with Crippen LogP contribution in [0.25, 0.3) is 11.1 Å². The molecule has 0 bridgehead atoms. The van der Waals surface area contributed by atoms with Crippen molar-refractivity contribution in [1.29, 1.82) is 0 Å². The average Bonchev–Trinajstić information content (AvgIpc) is 2.45. The van der Waals surface area contributed by atoms with E-state index in [-0.39, 0.29) is 5.41 Å². The zero-order valence-electron chi connectivity index (χ0n) is 9.09. The Labute approximate surface area is 84.0 Å². The van der Waals surface area contributed by atoms with E-state index in [1.54, 1.807) is 0 Å². The molecule has 2 rings (SSSR count). The summed E-state index contributed by atoms with van der Waals surface area (Å²) < 4.78 is 5.68. The highest BCUT2D eigenvalue weighted by atomic mass is 16.3. The lowest BCUT2D eigenvalue weighted by Gasteiger charge is -2.11. The van der Waals surface area contributed by atoms with E-state index in [0.717, 1.165) is 17.0 Å². The van der Waals surface area contributed by atoms with Crippen LogP contribution in [0.3, 0.4) is 0 Å². The maximum absolute atomic E-state index is 5.68. The van der Waals surface area contributed by atoms with Gasteiger partial charge in [0.05, 0.1) is 0 Å². The predicted molar refractivity (Wildman–Crippen MR) is 57.4 cm³/mol. The van der Waals surface area contributed by atoms with Crippen molar-refractivity contribution in [1.82, 2.24) is 4.98 Å². The minimum atomic E-state index is -0.0209. The van der Waals surface area contributed by atoms with Crippen LogP contribution in [-0.4, -0.2) is 4.98 Å². The molecule has 0 atom stereocenters. The number of hydrogen-bond acceptors (Lipinski definition) is 2. The Bertz CT molecular complexity index is 463. The van der Waals surface area contributed by atoms with Gasteiger partial charge >= 0.3 is 0 Å². The van der Waals surface area contributed by atoms with Crippen LogP contribution in [-0.2, 0) is 5.41 Å². The van der Waals surface area contributed by atoms with Crippen LogP contribution in [0.2, 0.25) is 0 Å². The van der Waals surface area contributed by atoms with Gasteiger partial charge in [-0.1, -0.05) is 26.8 Å². The number of benzene rings is 1. The van der Waals surface area contributed by atoms with E-state index in [2.05, 4.69) is 32.7 Å². The quantitative estimate of drug-likeness (QED) is 0.634. The first-order valence-corrected chi connectivity index (χ1v) is 4.84. The van der Waals surface area contributed by atoms with E-state index < -0.39 is 0 Å². The van der Waals surface area contributed by atoms with E-state index in [4.69, 9.17) is 4.42 Å². The Hall–Kier alpha value is -1.31. The summed E-state index contributed by atoms with van der Waals surface area (Å²) in [5, 5.41) is 0. The first-order chi connectivity index (χ1) is 6.47. The van der Waals surface area contributed by atoms with Crippen molar-refractivity contribution in [2.45, 2.75) is 33.1 Å². The first kappa shape index (κ1) is 9.25. The molecule has 0 saturated heterocycles. The molecule has 0 aliphatic heterocycles. The average molecular weight is 189 g/mol. The molecular formula is C12H15NO. The Morgan fingerprint density at radius 3 is 2.57 bits per heavy atom. The molecule has 0 radical (unpaired) electrons. The molecule has 0 amide bonds. The molecule has 0 aliphatic carbocycles. The van der Waals surface area contributed by atoms with E-state index >= 15 is 0 Å². The van der Waals surface area contributed by atoms with E-state index in [1.165, 1.54) is 5.56 Å². The number of rotatable bonds is 0. The maximum Gasteiger partial charge on any atom is 0.200 e. The Morgan fingerprint density at radius 2 is 1.93 bits per heavy atom. The van der Waals surface area contributed by atoms with Crippen molar-refractivity contribution >= 4 is 11.1 Å². The minimum absolute atomic E-state index is 0.0209. The van der Waals surface area contributed by atoms with Gasteiger partial charge in [-0.3, -0.25) is 0 Å². The van der Waals surface area contributed by atoms with Gasteiger partial charge in [-0.25, -0.2) is 4.98 Å². The molecule has 2 nitrogen and oxygen atoms in total. The first-order valence-electron chi connectivity index (χ1n) is 4.84. The van der Waals surface area contributed by atoms with Crippen molar-refractivity contribution in [3.63, 3.8) is 0 Å². The summed E-state index contributed by atoms with van der Waals surface area (Å²) in [4.78, 5) is 4.48. The number of oxazole rings is 1. The molecule has 0 aliphatic rings. The largest absolute Gasteiger partial charge is 0.440 e. The summed E-state index contributed by atoms with van der Waals surface area (Å²) >= 11 is 0. The van der Waals surface area contributed by atoms with Gasteiger partial charge in [0.25, 0.3) is 0 Å². The molecule has 0 fully saturated rings. The maximum atomic E-state index is 5.68. The summed E-state index contributed by atoms with van der Waals surface area (Å²) in [6, 6.07) is 6.07. The van der Waals surface area contributed by atoms with Crippen LogP contribution >= 0.6 is 0 Å². The van der Waals surface area contributed by atoms with Crippen molar-refractivity contribution in [2.24, 2.45) is 0 Å². The molecule has 2 aromatic rings. The highest BCUT2D eigenvalue weighted by molar-refractivity contribution is 5.73. The van der Waals surface area contributed by atoms with E-state index in [1.807, 2.05) is 18.2 Å². The molecule has 14 heavy (non-hydrogen) atoms. The number of nitrogens with zero attached hydrogens (tertiary/aromatic N) is 1. The normalized spacial score (nSPS) is 12.3. The Morgan fingerprint density at radius 1 is 1.21 bits per heavy atom. The number of hydrogen-bond donors (Lipinski definition) is 0. The van der Waals surface area contributed by atoms with Crippen LogP contribution < -0.4 is 0 Å². The Balaban J connectivity index is 2.63. The fraction of sp³-hybridized carbons (Fsp3) is 0.417. The van der Waals surface area contributed by atoms with Crippen molar-refractivity contribution < 1.29 is 4.42 Å². The highest BCUT2D eigenvalue weighted by Crippen LogP contribution is 2.25. The molecule has 2 heteroatoms. The van der Waals surface area contributed by atoms with Crippen LogP contribution in [0.4, 0.5) is 0 Å². The lowest BCUT2D eigenvalue weighted by Crippen LogP contribution is -2.10. The lowest BCUT2D eigenvalue weighted by molar-refractivity contribution is 0.411. The molecule has 1 aromatic carbocycles. The Kier molecular flexibility index (Phi) is 1.88. The lowest BCUT2D eigenvalue weighted by atomic mass is 9.97. The van der Waals surface area contributed by atoms with Crippen molar-refractivity contribution in [3.05, 3.63) is 29.7 Å². The molecular weight excluding hydrogens is 174 g/mol.